The zero-order chi connectivity index (χ0) is 26.8. The Kier molecular flexibility index (Phi) is 8.90. The molecule has 3 rings (SSSR count). The number of ether oxygens (including phenoxy) is 1. The van der Waals surface area contributed by atoms with Crippen molar-refractivity contribution in [3.05, 3.63) is 12.7 Å². The van der Waals surface area contributed by atoms with Crippen molar-refractivity contribution in [2.24, 2.45) is 0 Å². The molecule has 0 bridgehead atoms. The Morgan fingerprint density at radius 1 is 1.19 bits per heavy atom. The summed E-state index contributed by atoms with van der Waals surface area (Å²) in [4.78, 5) is 41.1. The molecule has 1 saturated heterocycles. The van der Waals surface area contributed by atoms with Crippen molar-refractivity contribution in [2.75, 3.05) is 18.9 Å². The molecule has 0 aromatic carbocycles. The monoisotopic (exact) mass is 559 g/mol. The Balaban J connectivity index is 1.78. The summed E-state index contributed by atoms with van der Waals surface area (Å²) >= 11 is 0. The van der Waals surface area contributed by atoms with Gasteiger partial charge in [0.1, 0.15) is 42.4 Å². The first kappa shape index (κ1) is 28.6. The van der Waals surface area contributed by atoms with Crippen LogP contribution in [0.1, 0.15) is 6.23 Å². The molecule has 2 aromatic heterocycles. The number of imidazole rings is 1. The van der Waals surface area contributed by atoms with Gasteiger partial charge in [0.05, 0.1) is 19.5 Å². The van der Waals surface area contributed by atoms with Gasteiger partial charge in [-0.3, -0.25) is 13.6 Å². The van der Waals surface area contributed by atoms with Gasteiger partial charge >= 0.3 is 15.6 Å². The van der Waals surface area contributed by atoms with E-state index in [1.807, 2.05) is 0 Å². The molecular weight excluding hydrogens is 536 g/mol. The summed E-state index contributed by atoms with van der Waals surface area (Å²) in [6.07, 6.45) is -10.5. The van der Waals surface area contributed by atoms with Crippen LogP contribution in [-0.2, 0) is 32.0 Å². The van der Waals surface area contributed by atoms with Gasteiger partial charge in [-0.15, -0.1) is 0 Å². The molecule has 19 nitrogen and oxygen atoms in total. The van der Waals surface area contributed by atoms with E-state index in [4.69, 9.17) is 29.9 Å². The molecule has 9 N–H and O–H groups in total. The lowest BCUT2D eigenvalue weighted by Crippen LogP contribution is -2.41. The Labute approximate surface area is 200 Å². The third-order valence-corrected chi connectivity index (χ3v) is 7.52. The van der Waals surface area contributed by atoms with Gasteiger partial charge in [0.15, 0.2) is 30.1 Å². The average Bonchev–Trinajstić information content (AvgIpc) is 3.36. The fourth-order valence-electron chi connectivity index (χ4n) is 3.16. The number of aromatic nitrogens is 4. The van der Waals surface area contributed by atoms with Crippen LogP contribution in [0, 0.1) is 0 Å². The number of aldehydes is 1. The molecule has 1 fully saturated rings. The van der Waals surface area contributed by atoms with E-state index >= 15 is 0 Å². The molecule has 1 aliphatic rings. The van der Waals surface area contributed by atoms with Crippen LogP contribution in [0.4, 0.5) is 5.82 Å². The number of nitrogens with two attached hydrogens (primary N) is 1. The Bertz CT molecular complexity index is 1160. The van der Waals surface area contributed by atoms with Gasteiger partial charge in [0, 0.05) is 0 Å². The van der Waals surface area contributed by atoms with E-state index in [1.54, 1.807) is 0 Å². The first-order chi connectivity index (χ1) is 16.8. The number of anilines is 1. The molecule has 0 saturated carbocycles. The van der Waals surface area contributed by atoms with E-state index in [0.717, 1.165) is 6.33 Å². The summed E-state index contributed by atoms with van der Waals surface area (Å²) in [6.45, 7) is -2.04. The molecule has 8 atom stereocenters. The lowest BCUT2D eigenvalue weighted by Gasteiger charge is -2.26. The lowest BCUT2D eigenvalue weighted by atomic mass is 10.1. The van der Waals surface area contributed by atoms with Gasteiger partial charge in [-0.2, -0.15) is 4.31 Å². The third-order valence-electron chi connectivity index (χ3n) is 4.90. The highest BCUT2D eigenvalue weighted by atomic mass is 31.3. The van der Waals surface area contributed by atoms with Crippen molar-refractivity contribution in [1.29, 1.82) is 0 Å². The number of fused-ring (bicyclic) bond motifs is 1. The molecule has 202 valence electrons. The van der Waals surface area contributed by atoms with Crippen molar-refractivity contribution in [2.45, 2.75) is 42.9 Å². The quantitative estimate of drug-likeness (QED) is 0.0926. The molecule has 3 heterocycles. The second kappa shape index (κ2) is 11.2. The molecule has 1 aliphatic heterocycles. The zero-order valence-electron chi connectivity index (χ0n) is 17.9. The number of aliphatic hydroxyl groups is 5. The number of hydrogen-bond acceptors (Lipinski definition) is 16. The Morgan fingerprint density at radius 3 is 2.50 bits per heavy atom. The second-order valence-electron chi connectivity index (χ2n) is 7.39. The van der Waals surface area contributed by atoms with E-state index < -0.39 is 71.7 Å². The fraction of sp³-hybridized carbons (Fsp3) is 0.600. The number of carbonyl (C=O) groups is 1. The summed E-state index contributed by atoms with van der Waals surface area (Å²) in [7, 11) is -11.0. The predicted octanol–water partition coefficient (Wildman–Crippen LogP) is -3.44. The van der Waals surface area contributed by atoms with E-state index in [1.165, 1.54) is 10.9 Å². The highest BCUT2D eigenvalue weighted by Gasteiger charge is 2.47. The van der Waals surface area contributed by atoms with Crippen LogP contribution >= 0.6 is 15.6 Å². The van der Waals surface area contributed by atoms with E-state index in [2.05, 4.69) is 23.8 Å². The average molecular weight is 559 g/mol. The first-order valence-electron chi connectivity index (χ1n) is 9.87. The van der Waals surface area contributed by atoms with Gasteiger partial charge in [-0.05, 0) is 0 Å². The number of hydrogen-bond donors (Lipinski definition) is 8. The smallest absolute Gasteiger partial charge is 0.394 e. The van der Waals surface area contributed by atoms with Crippen LogP contribution in [0.15, 0.2) is 12.7 Å². The summed E-state index contributed by atoms with van der Waals surface area (Å²) in [5, 5.41) is 49.0. The molecule has 0 spiro atoms. The van der Waals surface area contributed by atoms with Crippen LogP contribution in [0.3, 0.4) is 0 Å². The minimum atomic E-state index is -5.60. The van der Waals surface area contributed by atoms with Crippen molar-refractivity contribution in [3.63, 3.8) is 0 Å². The minimum absolute atomic E-state index is 0.0255. The number of aliphatic hydroxyl groups excluding tert-OH is 5. The highest BCUT2D eigenvalue weighted by Crippen LogP contribution is 2.62. The largest absolute Gasteiger partial charge is 0.484 e. The number of carbonyl (C=O) groups excluding carboxylic acids is 1. The number of nitrogen functional groups attached to an aromatic ring is 1. The molecule has 21 heteroatoms. The second-order valence-corrected chi connectivity index (χ2v) is 10.4. The van der Waals surface area contributed by atoms with Gasteiger partial charge in [0.2, 0.25) is 0 Å². The summed E-state index contributed by atoms with van der Waals surface area (Å²) in [5.41, 5.74) is 6.00. The predicted molar refractivity (Wildman–Crippen MR) is 112 cm³/mol. The molecule has 0 amide bonds. The maximum absolute atomic E-state index is 12.9. The van der Waals surface area contributed by atoms with Crippen LogP contribution in [0.25, 0.3) is 11.2 Å². The molecule has 0 aliphatic carbocycles. The maximum atomic E-state index is 12.9. The Hall–Kier alpha value is -1.96. The number of phosphoric ester groups is 1. The highest BCUT2D eigenvalue weighted by molar-refractivity contribution is 7.61. The lowest BCUT2D eigenvalue weighted by molar-refractivity contribution is -0.127. The topological polar surface area (TPSA) is 299 Å². The maximum Gasteiger partial charge on any atom is 0.484 e. The molecule has 36 heavy (non-hydrogen) atoms. The molecule has 2 aromatic rings. The van der Waals surface area contributed by atoms with Crippen LogP contribution in [-0.4, -0.2) is 111 Å². The van der Waals surface area contributed by atoms with E-state index in [0.29, 0.717) is 0 Å². The normalized spacial score (nSPS) is 27.0. The SMILES string of the molecule is Nc1ncnc2c1ncn2[C@@H]1O[C@H](COP(=O)(O[C@@H](C=O)[C@H](O)[C@H](O)CO)OP(=O)(O)O)[C@@H](O)[C@H]1O. The van der Waals surface area contributed by atoms with Crippen LogP contribution < -0.4 is 5.73 Å². The van der Waals surface area contributed by atoms with Crippen molar-refractivity contribution >= 4 is 38.9 Å². The van der Waals surface area contributed by atoms with Gasteiger partial charge in [-0.25, -0.2) is 24.1 Å². The summed E-state index contributed by atoms with van der Waals surface area (Å²) in [6, 6.07) is 0. The molecule has 1 unspecified atom stereocenters. The van der Waals surface area contributed by atoms with Crippen molar-refractivity contribution < 1.29 is 67.3 Å². The number of phosphoric acid groups is 2. The first-order valence-corrected chi connectivity index (χ1v) is 12.9. The van der Waals surface area contributed by atoms with Crippen molar-refractivity contribution in [3.8, 4) is 0 Å². The van der Waals surface area contributed by atoms with Crippen LogP contribution in [0.2, 0.25) is 0 Å². The van der Waals surface area contributed by atoms with Gasteiger partial charge < -0.3 is 50.6 Å². The minimum Gasteiger partial charge on any atom is -0.394 e. The molecule has 0 radical (unpaired) electrons. The Morgan fingerprint density at radius 2 is 1.89 bits per heavy atom. The van der Waals surface area contributed by atoms with Gasteiger partial charge in [0.25, 0.3) is 0 Å². The van der Waals surface area contributed by atoms with Gasteiger partial charge in [-0.1, -0.05) is 0 Å². The van der Waals surface area contributed by atoms with E-state index in [-0.39, 0.29) is 23.3 Å². The fourth-order valence-corrected chi connectivity index (χ4v) is 5.41. The van der Waals surface area contributed by atoms with Crippen molar-refractivity contribution in [1.82, 2.24) is 19.5 Å². The third kappa shape index (κ3) is 6.29. The summed E-state index contributed by atoms with van der Waals surface area (Å²) < 4.78 is 44.4. The molecular formula is C15H23N5O14P2. The number of rotatable bonds is 12. The number of nitrogens with zero attached hydrogens (tertiary/aromatic N) is 4. The van der Waals surface area contributed by atoms with E-state index in [9.17, 15) is 34.4 Å². The standard InChI is InChI=1S/C15H23N5O14P2/c16-13-9-14(18-4-17-13)20(5-19-9)15-12(26)11(25)8(32-15)3-31-36(30,34-35(27,28)29)33-7(2-22)10(24)6(23)1-21/h2,4-8,10-12,15,21,23-26H,1,3H2,(H2,16,17,18)(H2,27,28,29)/t6-,7+,8-,10-,11-,12-,15-,36?/m1/s1. The summed E-state index contributed by atoms with van der Waals surface area (Å²) in [5.74, 6) is 0.0255. The van der Waals surface area contributed by atoms with Crippen LogP contribution in [0.5, 0.6) is 0 Å². The zero-order valence-corrected chi connectivity index (χ0v) is 19.7.